The Morgan fingerprint density at radius 3 is 2.20 bits per heavy atom. The average Bonchev–Trinajstić information content (AvgIpc) is 1.65. The molecule has 0 spiro atoms. The Bertz CT molecular complexity index is 173. The summed E-state index contributed by atoms with van der Waals surface area (Å²) in [6, 6.07) is -4.44. The van der Waals surface area contributed by atoms with Crippen molar-refractivity contribution >= 4 is 5.97 Å². The van der Waals surface area contributed by atoms with E-state index in [2.05, 4.69) is 0 Å². The predicted molar refractivity (Wildman–Crippen MR) is 19.1 cm³/mol. The first kappa shape index (κ1) is 12.3. The standard InChI is InChI=1S/C2HF2N3O2.Na/c3-2(4,1(8)9)6-7-5;/h(H,8,9);/q;+1/p-1. The van der Waals surface area contributed by atoms with Crippen molar-refractivity contribution in [3.8, 4) is 0 Å². The fourth-order valence-electron chi connectivity index (χ4n) is 0.0970. The van der Waals surface area contributed by atoms with E-state index >= 15 is 0 Å². The molecule has 0 aliphatic rings. The number of aliphatic carboxylic acids is 1. The molecule has 0 aromatic carbocycles. The molecule has 8 heteroatoms. The van der Waals surface area contributed by atoms with E-state index in [-0.39, 0.29) is 29.6 Å². The van der Waals surface area contributed by atoms with E-state index in [9.17, 15) is 18.7 Å². The molecule has 0 bridgehead atoms. The van der Waals surface area contributed by atoms with Crippen LogP contribution in [0.5, 0.6) is 0 Å². The zero-order chi connectivity index (χ0) is 7.49. The Hall–Kier alpha value is -0.360. The van der Waals surface area contributed by atoms with Crippen molar-refractivity contribution in [3.05, 3.63) is 10.4 Å². The summed E-state index contributed by atoms with van der Waals surface area (Å²) in [4.78, 5) is 10.9. The Morgan fingerprint density at radius 1 is 1.70 bits per heavy atom. The van der Waals surface area contributed by atoms with Gasteiger partial charge in [-0.15, -0.1) is 0 Å². The van der Waals surface area contributed by atoms with Gasteiger partial charge in [0.25, 0.3) is 0 Å². The number of alkyl halides is 2. The number of hydrogen-bond acceptors (Lipinski definition) is 3. The number of rotatable bonds is 2. The van der Waals surface area contributed by atoms with Gasteiger partial charge in [-0.05, 0) is 10.6 Å². The molecule has 0 radical (unpaired) electrons. The third kappa shape index (κ3) is 3.62. The molecule has 0 rings (SSSR count). The molecule has 0 amide bonds. The van der Waals surface area contributed by atoms with Gasteiger partial charge in [-0.1, -0.05) is 0 Å². The molecule has 5 nitrogen and oxygen atoms in total. The molecule has 10 heavy (non-hydrogen) atoms. The van der Waals surface area contributed by atoms with Crippen molar-refractivity contribution in [1.82, 2.24) is 0 Å². The summed E-state index contributed by atoms with van der Waals surface area (Å²) in [5.41, 5.74) is 7.34. The number of carbonyl (C=O) groups is 1. The van der Waals surface area contributed by atoms with Gasteiger partial charge < -0.3 is 9.90 Å². The van der Waals surface area contributed by atoms with Crippen LogP contribution in [0.3, 0.4) is 0 Å². The number of halogens is 2. The van der Waals surface area contributed by atoms with Gasteiger partial charge in [0.15, 0.2) is 0 Å². The molecule has 0 unspecified atom stereocenters. The maximum Gasteiger partial charge on any atom is 1.00 e. The van der Waals surface area contributed by atoms with Crippen LogP contribution in [-0.2, 0) is 4.79 Å². The summed E-state index contributed by atoms with van der Waals surface area (Å²) >= 11 is 0. The smallest absolute Gasteiger partial charge is 0.544 e. The number of carbonyl (C=O) groups excluding carboxylic acids is 1. The van der Waals surface area contributed by atoms with Crippen LogP contribution < -0.4 is 34.7 Å². The molecule has 0 aromatic rings. The molecule has 50 valence electrons. The third-order valence-corrected chi connectivity index (χ3v) is 0.416. The first-order chi connectivity index (χ1) is 4.00. The fourth-order valence-corrected chi connectivity index (χ4v) is 0.0970. The molecule has 0 heterocycles. The molecule has 0 saturated carbocycles. The average molecular weight is 159 g/mol. The normalized spacial score (nSPS) is 9.00. The van der Waals surface area contributed by atoms with E-state index in [4.69, 9.17) is 5.53 Å². The summed E-state index contributed by atoms with van der Waals surface area (Å²) in [6.07, 6.45) is 0. The molecule has 0 aromatic heterocycles. The predicted octanol–water partition coefficient (Wildman–Crippen LogP) is -3.36. The van der Waals surface area contributed by atoms with Crippen LogP contribution >= 0.6 is 0 Å². The summed E-state index contributed by atoms with van der Waals surface area (Å²) < 4.78 is 22.9. The van der Waals surface area contributed by atoms with E-state index in [1.165, 1.54) is 0 Å². The van der Waals surface area contributed by atoms with E-state index in [1.54, 1.807) is 10.0 Å². The second-order valence-electron chi connectivity index (χ2n) is 1.02. The zero-order valence-corrected chi connectivity index (χ0v) is 6.91. The van der Waals surface area contributed by atoms with Crippen LogP contribution in [0, 0.1) is 0 Å². The number of azide groups is 1. The minimum Gasteiger partial charge on any atom is -0.544 e. The first-order valence-corrected chi connectivity index (χ1v) is 1.66. The summed E-state index contributed by atoms with van der Waals surface area (Å²) in [5, 5.41) is 10.9. The Kier molecular flexibility index (Phi) is 5.49. The molecular weight excluding hydrogens is 159 g/mol. The molecular formula is C2F2N3NaO2. The van der Waals surface area contributed by atoms with E-state index in [1.807, 2.05) is 0 Å². The van der Waals surface area contributed by atoms with Gasteiger partial charge in [0.1, 0.15) is 5.97 Å². The van der Waals surface area contributed by atoms with Gasteiger partial charge in [-0.25, -0.2) is 0 Å². The minimum atomic E-state index is -4.44. The Labute approximate surface area is 75.9 Å². The number of carboxylic acids is 1. The molecule has 0 aliphatic heterocycles. The summed E-state index contributed by atoms with van der Waals surface area (Å²) in [7, 11) is 0. The van der Waals surface area contributed by atoms with Crippen LogP contribution in [0.15, 0.2) is 5.11 Å². The van der Waals surface area contributed by atoms with E-state index in [0.717, 1.165) is 0 Å². The van der Waals surface area contributed by atoms with Crippen molar-refractivity contribution in [2.75, 3.05) is 0 Å². The van der Waals surface area contributed by atoms with Gasteiger partial charge >= 0.3 is 35.6 Å². The van der Waals surface area contributed by atoms with Crippen LogP contribution in [0.2, 0.25) is 0 Å². The third-order valence-electron chi connectivity index (χ3n) is 0.416. The SMILES string of the molecule is [N-]=[N+]=NC(F)(F)C(=O)[O-].[Na+]. The van der Waals surface area contributed by atoms with Gasteiger partial charge in [-0.3, -0.25) is 0 Å². The topological polar surface area (TPSA) is 88.9 Å². The molecule has 0 fully saturated rings. The van der Waals surface area contributed by atoms with Gasteiger partial charge in [0.2, 0.25) is 0 Å². The van der Waals surface area contributed by atoms with E-state index < -0.39 is 12.0 Å². The molecule has 0 saturated heterocycles. The van der Waals surface area contributed by atoms with E-state index in [0.29, 0.717) is 0 Å². The number of nitrogens with zero attached hydrogens (tertiary/aromatic N) is 3. The maximum absolute atomic E-state index is 11.5. The number of carboxylic acid groups (broad SMARTS) is 1. The Morgan fingerprint density at radius 2 is 2.10 bits per heavy atom. The van der Waals surface area contributed by atoms with Crippen molar-refractivity contribution in [1.29, 1.82) is 0 Å². The zero-order valence-electron chi connectivity index (χ0n) is 4.91. The molecule has 0 N–H and O–H groups in total. The maximum atomic E-state index is 11.5. The van der Waals surface area contributed by atoms with Crippen LogP contribution in [0.25, 0.3) is 10.4 Å². The first-order valence-electron chi connectivity index (χ1n) is 1.66. The van der Waals surface area contributed by atoms with Crippen LogP contribution in [-0.4, -0.2) is 12.0 Å². The monoisotopic (exact) mass is 159 g/mol. The minimum absolute atomic E-state index is 0. The number of hydrogen-bond donors (Lipinski definition) is 0. The Balaban J connectivity index is 0. The van der Waals surface area contributed by atoms with Crippen molar-refractivity contribution in [3.63, 3.8) is 0 Å². The van der Waals surface area contributed by atoms with Gasteiger partial charge in [-0.2, -0.15) is 8.78 Å². The van der Waals surface area contributed by atoms with Gasteiger partial charge in [0, 0.05) is 4.91 Å². The second-order valence-corrected chi connectivity index (χ2v) is 1.02. The second kappa shape index (κ2) is 4.45. The van der Waals surface area contributed by atoms with Crippen LogP contribution in [0.4, 0.5) is 8.78 Å². The summed E-state index contributed by atoms with van der Waals surface area (Å²) in [5.74, 6) is -2.71. The van der Waals surface area contributed by atoms with Crippen molar-refractivity contribution in [2.45, 2.75) is 6.05 Å². The van der Waals surface area contributed by atoms with Crippen LogP contribution in [0.1, 0.15) is 0 Å². The molecule has 0 atom stereocenters. The van der Waals surface area contributed by atoms with Gasteiger partial charge in [0.05, 0.1) is 0 Å². The van der Waals surface area contributed by atoms with Crippen molar-refractivity contribution < 1.29 is 48.2 Å². The molecule has 0 aliphatic carbocycles. The van der Waals surface area contributed by atoms with Crippen molar-refractivity contribution in [2.24, 2.45) is 5.11 Å². The fraction of sp³-hybridized carbons (Fsp3) is 0.500. The summed E-state index contributed by atoms with van der Waals surface area (Å²) in [6.45, 7) is 0. The quantitative estimate of drug-likeness (QED) is 0.138. The largest absolute Gasteiger partial charge is 1.00 e.